The molecule has 6 nitrogen and oxygen atoms in total. The molecular weight excluding hydrogens is 268 g/mol. The fraction of sp³-hybridized carbons (Fsp3) is 0.583. The molecule has 1 heterocycles. The molecule has 0 aromatic carbocycles. The second kappa shape index (κ2) is 7.25. The molecule has 0 unspecified atom stereocenters. The number of aryl methyl sites for hydroxylation is 2. The van der Waals surface area contributed by atoms with Gasteiger partial charge in [-0.15, -0.1) is 0 Å². The SMILES string of the molecule is COCCNC(=O)CN(C)c1nc(C)c(C)nc1Cl. The Kier molecular flexibility index (Phi) is 5.98. The van der Waals surface area contributed by atoms with Gasteiger partial charge in [-0.3, -0.25) is 4.79 Å². The molecule has 0 spiro atoms. The largest absolute Gasteiger partial charge is 0.383 e. The summed E-state index contributed by atoms with van der Waals surface area (Å²) in [6.45, 7) is 4.83. The zero-order valence-electron chi connectivity index (χ0n) is 11.7. The van der Waals surface area contributed by atoms with Crippen molar-refractivity contribution in [1.82, 2.24) is 15.3 Å². The van der Waals surface area contributed by atoms with Crippen molar-refractivity contribution in [2.45, 2.75) is 13.8 Å². The maximum atomic E-state index is 11.7. The van der Waals surface area contributed by atoms with Crippen LogP contribution in [0.2, 0.25) is 5.15 Å². The van der Waals surface area contributed by atoms with Crippen LogP contribution in [0, 0.1) is 13.8 Å². The number of carbonyl (C=O) groups excluding carboxylic acids is 1. The van der Waals surface area contributed by atoms with Crippen molar-refractivity contribution >= 4 is 23.3 Å². The average Bonchev–Trinajstić information content (AvgIpc) is 2.34. The Bertz CT molecular complexity index is 454. The third-order valence-electron chi connectivity index (χ3n) is 2.62. The average molecular weight is 287 g/mol. The number of aromatic nitrogens is 2. The number of ether oxygens (including phenoxy) is 1. The van der Waals surface area contributed by atoms with Gasteiger partial charge in [0.15, 0.2) is 11.0 Å². The molecule has 1 amide bonds. The van der Waals surface area contributed by atoms with E-state index in [-0.39, 0.29) is 12.5 Å². The Balaban J connectivity index is 2.65. The molecule has 1 rings (SSSR count). The lowest BCUT2D eigenvalue weighted by Crippen LogP contribution is -2.37. The van der Waals surface area contributed by atoms with E-state index in [2.05, 4.69) is 15.3 Å². The van der Waals surface area contributed by atoms with Gasteiger partial charge in [-0.2, -0.15) is 0 Å². The van der Waals surface area contributed by atoms with E-state index in [0.717, 1.165) is 11.4 Å². The number of carbonyl (C=O) groups is 1. The van der Waals surface area contributed by atoms with E-state index in [1.54, 1.807) is 19.1 Å². The number of anilines is 1. The van der Waals surface area contributed by atoms with E-state index >= 15 is 0 Å². The van der Waals surface area contributed by atoms with Gasteiger partial charge in [0.05, 0.1) is 24.5 Å². The highest BCUT2D eigenvalue weighted by Crippen LogP contribution is 2.21. The van der Waals surface area contributed by atoms with Gasteiger partial charge in [0, 0.05) is 20.7 Å². The molecule has 1 N–H and O–H groups in total. The summed E-state index contributed by atoms with van der Waals surface area (Å²) in [5, 5.41) is 3.03. The Hall–Kier alpha value is -1.40. The number of likely N-dealkylation sites (N-methyl/N-ethyl adjacent to an activating group) is 1. The number of nitrogens with zero attached hydrogens (tertiary/aromatic N) is 3. The number of methoxy groups -OCH3 is 1. The molecule has 0 aliphatic heterocycles. The van der Waals surface area contributed by atoms with E-state index in [1.807, 2.05) is 13.8 Å². The molecule has 0 aliphatic carbocycles. The maximum Gasteiger partial charge on any atom is 0.239 e. The summed E-state index contributed by atoms with van der Waals surface area (Å²) in [7, 11) is 3.34. The topological polar surface area (TPSA) is 67.3 Å². The summed E-state index contributed by atoms with van der Waals surface area (Å²) in [4.78, 5) is 21.9. The van der Waals surface area contributed by atoms with Crippen LogP contribution in [-0.4, -0.2) is 49.7 Å². The first-order valence-electron chi connectivity index (χ1n) is 5.93. The second-order valence-corrected chi connectivity index (χ2v) is 4.57. The van der Waals surface area contributed by atoms with Crippen molar-refractivity contribution in [2.24, 2.45) is 0 Å². The minimum absolute atomic E-state index is 0.115. The summed E-state index contributed by atoms with van der Waals surface area (Å²) in [5.41, 5.74) is 1.58. The Morgan fingerprint density at radius 1 is 1.37 bits per heavy atom. The fourth-order valence-corrected chi connectivity index (χ4v) is 1.76. The van der Waals surface area contributed by atoms with Crippen LogP contribution >= 0.6 is 11.6 Å². The minimum Gasteiger partial charge on any atom is -0.383 e. The van der Waals surface area contributed by atoms with Crippen LogP contribution in [0.3, 0.4) is 0 Å². The molecule has 7 heteroatoms. The van der Waals surface area contributed by atoms with E-state index < -0.39 is 0 Å². The normalized spacial score (nSPS) is 10.4. The van der Waals surface area contributed by atoms with Crippen LogP contribution in [0.5, 0.6) is 0 Å². The quantitative estimate of drug-likeness (QED) is 0.789. The fourth-order valence-electron chi connectivity index (χ4n) is 1.45. The number of rotatable bonds is 6. The van der Waals surface area contributed by atoms with Crippen molar-refractivity contribution in [1.29, 1.82) is 0 Å². The third kappa shape index (κ3) is 4.65. The number of halogens is 1. The number of hydrogen-bond acceptors (Lipinski definition) is 5. The molecule has 1 aromatic rings. The van der Waals surface area contributed by atoms with Gasteiger partial charge in [0.1, 0.15) is 0 Å². The van der Waals surface area contributed by atoms with Gasteiger partial charge in [-0.1, -0.05) is 11.6 Å². The van der Waals surface area contributed by atoms with Crippen LogP contribution in [0.4, 0.5) is 5.82 Å². The first kappa shape index (κ1) is 15.7. The molecular formula is C12H19ClN4O2. The standard InChI is InChI=1S/C12H19ClN4O2/c1-8-9(2)16-12(11(13)15-8)17(3)7-10(18)14-5-6-19-4/h5-7H2,1-4H3,(H,14,18). The molecule has 0 aliphatic rings. The van der Waals surface area contributed by atoms with Gasteiger partial charge >= 0.3 is 0 Å². The summed E-state index contributed by atoms with van der Waals surface area (Å²) in [6, 6.07) is 0. The first-order chi connectivity index (χ1) is 8.95. The zero-order valence-corrected chi connectivity index (χ0v) is 12.4. The molecule has 0 atom stereocenters. The van der Waals surface area contributed by atoms with Gasteiger partial charge in [-0.25, -0.2) is 9.97 Å². The maximum absolute atomic E-state index is 11.7. The van der Waals surface area contributed by atoms with Crippen LogP contribution < -0.4 is 10.2 Å². The van der Waals surface area contributed by atoms with Crippen LogP contribution in [0.25, 0.3) is 0 Å². The van der Waals surface area contributed by atoms with Crippen molar-refractivity contribution in [2.75, 3.05) is 38.8 Å². The lowest BCUT2D eigenvalue weighted by atomic mass is 10.3. The Labute approximate surface area is 118 Å². The summed E-state index contributed by atoms with van der Waals surface area (Å²) < 4.78 is 4.86. The lowest BCUT2D eigenvalue weighted by molar-refractivity contribution is -0.119. The van der Waals surface area contributed by atoms with Gasteiger partial charge in [0.2, 0.25) is 5.91 Å². The molecule has 19 heavy (non-hydrogen) atoms. The zero-order chi connectivity index (χ0) is 14.4. The summed E-state index contributed by atoms with van der Waals surface area (Å²) in [6.07, 6.45) is 0. The molecule has 1 aromatic heterocycles. The smallest absolute Gasteiger partial charge is 0.239 e. The molecule has 0 saturated heterocycles. The number of nitrogens with one attached hydrogen (secondary N) is 1. The van der Waals surface area contributed by atoms with E-state index in [0.29, 0.717) is 24.1 Å². The third-order valence-corrected chi connectivity index (χ3v) is 2.87. The van der Waals surface area contributed by atoms with Crippen LogP contribution in [0.15, 0.2) is 0 Å². The molecule has 0 fully saturated rings. The Morgan fingerprint density at radius 3 is 2.63 bits per heavy atom. The number of hydrogen-bond donors (Lipinski definition) is 1. The van der Waals surface area contributed by atoms with Gasteiger partial charge in [0.25, 0.3) is 0 Å². The monoisotopic (exact) mass is 286 g/mol. The minimum atomic E-state index is -0.115. The van der Waals surface area contributed by atoms with Crippen LogP contribution in [-0.2, 0) is 9.53 Å². The second-order valence-electron chi connectivity index (χ2n) is 4.21. The summed E-state index contributed by atoms with van der Waals surface area (Å²) in [5.74, 6) is 0.391. The molecule has 0 radical (unpaired) electrons. The predicted octanol–water partition coefficient (Wildman–Crippen LogP) is 0.946. The highest BCUT2D eigenvalue weighted by molar-refractivity contribution is 6.31. The first-order valence-corrected chi connectivity index (χ1v) is 6.31. The van der Waals surface area contributed by atoms with E-state index in [9.17, 15) is 4.79 Å². The van der Waals surface area contributed by atoms with Gasteiger partial charge < -0.3 is 15.0 Å². The van der Waals surface area contributed by atoms with Crippen LogP contribution in [0.1, 0.15) is 11.4 Å². The van der Waals surface area contributed by atoms with Crippen molar-refractivity contribution in [3.8, 4) is 0 Å². The molecule has 0 saturated carbocycles. The molecule has 106 valence electrons. The van der Waals surface area contributed by atoms with E-state index in [4.69, 9.17) is 16.3 Å². The predicted molar refractivity (Wildman–Crippen MR) is 74.7 cm³/mol. The van der Waals surface area contributed by atoms with Crippen molar-refractivity contribution < 1.29 is 9.53 Å². The van der Waals surface area contributed by atoms with E-state index in [1.165, 1.54) is 0 Å². The lowest BCUT2D eigenvalue weighted by Gasteiger charge is -2.19. The van der Waals surface area contributed by atoms with Crippen molar-refractivity contribution in [3.05, 3.63) is 16.5 Å². The summed E-state index contributed by atoms with van der Waals surface area (Å²) >= 11 is 6.04. The van der Waals surface area contributed by atoms with Gasteiger partial charge in [-0.05, 0) is 13.8 Å². The highest BCUT2D eigenvalue weighted by atomic mass is 35.5. The highest BCUT2D eigenvalue weighted by Gasteiger charge is 2.14. The molecule has 0 bridgehead atoms. The Morgan fingerprint density at radius 2 is 2.00 bits per heavy atom. The van der Waals surface area contributed by atoms with Crippen molar-refractivity contribution in [3.63, 3.8) is 0 Å². The number of amides is 1.